The first-order valence-corrected chi connectivity index (χ1v) is 10.3. The van der Waals surface area contributed by atoms with Gasteiger partial charge in [0, 0.05) is 24.6 Å². The quantitative estimate of drug-likeness (QED) is 0.697. The molecule has 6 heteroatoms. The van der Waals surface area contributed by atoms with Crippen molar-refractivity contribution < 1.29 is 9.59 Å². The Balaban J connectivity index is 1.98. The van der Waals surface area contributed by atoms with Gasteiger partial charge in [0.05, 0.1) is 10.7 Å². The van der Waals surface area contributed by atoms with Gasteiger partial charge in [-0.05, 0) is 37.0 Å². The zero-order valence-electron chi connectivity index (χ0n) is 16.8. The molecule has 0 saturated carbocycles. The topological polar surface area (TPSA) is 71.1 Å². The Bertz CT molecular complexity index is 798. The van der Waals surface area contributed by atoms with Gasteiger partial charge in [0.1, 0.15) is 4.88 Å². The standard InChI is InChI=1S/C21H29N3O2S/c1-6-14(4)20(25)24-17-9-7-8-16(11-17)12-22-21(26)19-15(5)23-18(27-19)10-13(2)3/h7-9,11,13-14H,6,10,12H2,1-5H3,(H,22,26)(H,24,25). The predicted molar refractivity (Wildman–Crippen MR) is 111 cm³/mol. The Morgan fingerprint density at radius 2 is 1.96 bits per heavy atom. The highest BCUT2D eigenvalue weighted by atomic mass is 32.1. The first kappa shape index (κ1) is 21.1. The second-order valence-electron chi connectivity index (χ2n) is 7.30. The van der Waals surface area contributed by atoms with E-state index in [4.69, 9.17) is 0 Å². The number of aromatic nitrogens is 1. The molecule has 2 amide bonds. The number of benzene rings is 1. The summed E-state index contributed by atoms with van der Waals surface area (Å²) >= 11 is 1.47. The average molecular weight is 388 g/mol. The number of nitrogens with one attached hydrogen (secondary N) is 2. The van der Waals surface area contributed by atoms with Crippen LogP contribution in [0, 0.1) is 18.8 Å². The summed E-state index contributed by atoms with van der Waals surface area (Å²) in [6.45, 7) is 10.5. The van der Waals surface area contributed by atoms with Gasteiger partial charge in [0.15, 0.2) is 0 Å². The average Bonchev–Trinajstić information content (AvgIpc) is 2.98. The second kappa shape index (κ2) is 9.65. The van der Waals surface area contributed by atoms with Gasteiger partial charge in [0.25, 0.3) is 5.91 Å². The molecule has 0 aliphatic carbocycles. The van der Waals surface area contributed by atoms with Crippen LogP contribution in [0.5, 0.6) is 0 Å². The fourth-order valence-electron chi connectivity index (χ4n) is 2.57. The molecule has 0 radical (unpaired) electrons. The van der Waals surface area contributed by atoms with E-state index >= 15 is 0 Å². The van der Waals surface area contributed by atoms with Gasteiger partial charge < -0.3 is 10.6 Å². The van der Waals surface area contributed by atoms with E-state index in [2.05, 4.69) is 29.5 Å². The number of carbonyl (C=O) groups is 2. The molecule has 146 valence electrons. The molecule has 0 saturated heterocycles. The number of rotatable bonds is 8. The maximum absolute atomic E-state index is 12.5. The number of anilines is 1. The van der Waals surface area contributed by atoms with E-state index < -0.39 is 0 Å². The minimum atomic E-state index is -0.103. The molecule has 1 aromatic carbocycles. The third-order valence-corrected chi connectivity index (χ3v) is 5.52. The lowest BCUT2D eigenvalue weighted by atomic mass is 10.1. The van der Waals surface area contributed by atoms with Crippen molar-refractivity contribution in [3.05, 3.63) is 45.4 Å². The maximum Gasteiger partial charge on any atom is 0.263 e. The molecule has 1 unspecified atom stereocenters. The molecular weight excluding hydrogens is 358 g/mol. The summed E-state index contributed by atoms with van der Waals surface area (Å²) in [5, 5.41) is 6.88. The van der Waals surface area contributed by atoms with Crippen LogP contribution in [-0.4, -0.2) is 16.8 Å². The van der Waals surface area contributed by atoms with Crippen LogP contribution < -0.4 is 10.6 Å². The van der Waals surface area contributed by atoms with Crippen LogP contribution in [0.25, 0.3) is 0 Å². The zero-order chi connectivity index (χ0) is 20.0. The molecule has 0 spiro atoms. The first-order chi connectivity index (χ1) is 12.8. The Morgan fingerprint density at radius 1 is 1.22 bits per heavy atom. The van der Waals surface area contributed by atoms with Gasteiger partial charge in [-0.3, -0.25) is 9.59 Å². The van der Waals surface area contributed by atoms with Crippen LogP contribution in [0.2, 0.25) is 0 Å². The van der Waals surface area contributed by atoms with E-state index in [0.717, 1.165) is 34.8 Å². The van der Waals surface area contributed by atoms with Gasteiger partial charge in [-0.1, -0.05) is 39.8 Å². The van der Waals surface area contributed by atoms with Crippen LogP contribution in [0.4, 0.5) is 5.69 Å². The summed E-state index contributed by atoms with van der Waals surface area (Å²) < 4.78 is 0. The number of hydrogen-bond acceptors (Lipinski definition) is 4. The summed E-state index contributed by atoms with van der Waals surface area (Å²) in [6.07, 6.45) is 1.69. The molecule has 1 aromatic heterocycles. The van der Waals surface area contributed by atoms with Crippen molar-refractivity contribution >= 4 is 28.8 Å². The van der Waals surface area contributed by atoms with Crippen molar-refractivity contribution in [3.63, 3.8) is 0 Å². The molecule has 0 aliphatic heterocycles. The zero-order valence-corrected chi connectivity index (χ0v) is 17.6. The lowest BCUT2D eigenvalue weighted by Crippen LogP contribution is -2.23. The highest BCUT2D eigenvalue weighted by molar-refractivity contribution is 7.13. The normalized spacial score (nSPS) is 12.1. The van der Waals surface area contributed by atoms with E-state index in [1.54, 1.807) is 0 Å². The molecule has 2 aromatic rings. The monoisotopic (exact) mass is 387 g/mol. The Morgan fingerprint density at radius 3 is 2.63 bits per heavy atom. The number of aryl methyl sites for hydroxylation is 1. The fourth-order valence-corrected chi connectivity index (χ4v) is 3.77. The number of carbonyl (C=O) groups excluding carboxylic acids is 2. The van der Waals surface area contributed by atoms with Crippen molar-refractivity contribution in [1.29, 1.82) is 0 Å². The SMILES string of the molecule is CCC(C)C(=O)Nc1cccc(CNC(=O)c2sc(CC(C)C)nc2C)c1. The molecule has 2 N–H and O–H groups in total. The molecule has 0 fully saturated rings. The largest absolute Gasteiger partial charge is 0.347 e. The molecule has 27 heavy (non-hydrogen) atoms. The minimum Gasteiger partial charge on any atom is -0.347 e. The van der Waals surface area contributed by atoms with Crippen molar-refractivity contribution in [2.24, 2.45) is 11.8 Å². The van der Waals surface area contributed by atoms with Crippen LogP contribution in [0.15, 0.2) is 24.3 Å². The summed E-state index contributed by atoms with van der Waals surface area (Å²) in [5.74, 6) is 0.397. The Labute approximate surface area is 165 Å². The highest BCUT2D eigenvalue weighted by Crippen LogP contribution is 2.21. The van der Waals surface area contributed by atoms with Crippen molar-refractivity contribution in [2.45, 2.75) is 54.0 Å². The third kappa shape index (κ3) is 6.17. The van der Waals surface area contributed by atoms with E-state index in [9.17, 15) is 9.59 Å². The number of thiazole rings is 1. The van der Waals surface area contributed by atoms with E-state index in [1.165, 1.54) is 11.3 Å². The van der Waals surface area contributed by atoms with Crippen LogP contribution >= 0.6 is 11.3 Å². The highest BCUT2D eigenvalue weighted by Gasteiger charge is 2.16. The van der Waals surface area contributed by atoms with Crippen molar-refractivity contribution in [1.82, 2.24) is 10.3 Å². The second-order valence-corrected chi connectivity index (χ2v) is 8.39. The number of hydrogen-bond donors (Lipinski definition) is 2. The number of nitrogens with zero attached hydrogens (tertiary/aromatic N) is 1. The molecular formula is C21H29N3O2S. The third-order valence-electron chi connectivity index (χ3n) is 4.34. The van der Waals surface area contributed by atoms with Crippen LogP contribution in [0.3, 0.4) is 0 Å². The maximum atomic E-state index is 12.5. The molecule has 0 bridgehead atoms. The van der Waals surface area contributed by atoms with Gasteiger partial charge in [-0.2, -0.15) is 0 Å². The first-order valence-electron chi connectivity index (χ1n) is 9.44. The summed E-state index contributed by atoms with van der Waals surface area (Å²) in [6, 6.07) is 7.57. The Kier molecular flexibility index (Phi) is 7.54. The van der Waals surface area contributed by atoms with Crippen LogP contribution in [0.1, 0.15) is 60.1 Å². The Hall–Kier alpha value is -2.21. The van der Waals surface area contributed by atoms with E-state index in [-0.39, 0.29) is 17.7 Å². The number of amides is 2. The van der Waals surface area contributed by atoms with Crippen molar-refractivity contribution in [3.8, 4) is 0 Å². The predicted octanol–water partition coefficient (Wildman–Crippen LogP) is 4.56. The minimum absolute atomic E-state index is 0.0108. The van der Waals surface area contributed by atoms with E-state index in [1.807, 2.05) is 45.0 Å². The lowest BCUT2D eigenvalue weighted by molar-refractivity contribution is -0.119. The summed E-state index contributed by atoms with van der Waals surface area (Å²) in [4.78, 5) is 29.7. The van der Waals surface area contributed by atoms with E-state index in [0.29, 0.717) is 17.3 Å². The molecule has 2 rings (SSSR count). The van der Waals surface area contributed by atoms with Gasteiger partial charge in [0.2, 0.25) is 5.91 Å². The van der Waals surface area contributed by atoms with Gasteiger partial charge in [-0.15, -0.1) is 11.3 Å². The molecule has 0 aliphatic rings. The van der Waals surface area contributed by atoms with Gasteiger partial charge >= 0.3 is 0 Å². The summed E-state index contributed by atoms with van der Waals surface area (Å²) in [7, 11) is 0. The molecule has 1 atom stereocenters. The van der Waals surface area contributed by atoms with Crippen molar-refractivity contribution in [2.75, 3.05) is 5.32 Å². The van der Waals surface area contributed by atoms with Crippen LogP contribution in [-0.2, 0) is 17.8 Å². The molecule has 1 heterocycles. The lowest BCUT2D eigenvalue weighted by Gasteiger charge is -2.11. The fraction of sp³-hybridized carbons (Fsp3) is 0.476. The summed E-state index contributed by atoms with van der Waals surface area (Å²) in [5.41, 5.74) is 2.47. The van der Waals surface area contributed by atoms with Gasteiger partial charge in [-0.25, -0.2) is 4.98 Å². The smallest absolute Gasteiger partial charge is 0.263 e. The molecule has 5 nitrogen and oxygen atoms in total.